The molecule has 0 spiro atoms. The van der Waals surface area contributed by atoms with E-state index >= 15 is 0 Å². The van der Waals surface area contributed by atoms with Crippen molar-refractivity contribution in [1.29, 1.82) is 0 Å². The number of benzene rings is 1. The lowest BCUT2D eigenvalue weighted by molar-refractivity contribution is -0.146. The molecule has 2 rings (SSSR count). The average molecular weight is 321 g/mol. The normalized spacial score (nSPS) is 20.6. The predicted molar refractivity (Wildman–Crippen MR) is 86.6 cm³/mol. The lowest BCUT2D eigenvalue weighted by Gasteiger charge is -2.42. The quantitative estimate of drug-likeness (QED) is 0.861. The molecule has 0 aromatic heterocycles. The number of urea groups is 1. The Balaban J connectivity index is 2.86. The number of methoxy groups -OCH3 is 2. The summed E-state index contributed by atoms with van der Waals surface area (Å²) >= 11 is 0. The molecule has 1 aromatic rings. The number of carbonyl (C=O) groups excluding carboxylic acids is 1. The Bertz CT molecular complexity index is 723. The van der Waals surface area contributed by atoms with E-state index < -0.39 is 22.0 Å². The molecule has 0 bridgehead atoms. The number of fused-ring (bicyclic) bond motifs is 1. The Morgan fingerprint density at radius 3 is 2.22 bits per heavy atom. The van der Waals surface area contributed by atoms with E-state index in [2.05, 4.69) is 4.99 Å². The minimum absolute atomic E-state index is 0.430. The van der Waals surface area contributed by atoms with E-state index in [1.54, 1.807) is 26.1 Å². The number of aliphatic imine (C=N–C) groups is 1. The molecule has 2 amide bonds. The minimum atomic E-state index is -1.41. The summed E-state index contributed by atoms with van der Waals surface area (Å²) in [6, 6.07) is 2.83. The van der Waals surface area contributed by atoms with Crippen molar-refractivity contribution in [2.45, 2.75) is 26.3 Å². The number of hydrogen-bond donors (Lipinski definition) is 1. The van der Waals surface area contributed by atoms with Crippen LogP contribution in [0.4, 0.5) is 10.5 Å². The number of carbonyl (C=O) groups is 2. The van der Waals surface area contributed by atoms with Gasteiger partial charge in [-0.2, -0.15) is 9.48 Å². The van der Waals surface area contributed by atoms with Crippen molar-refractivity contribution < 1.29 is 24.2 Å². The number of nitrogens with zero attached hydrogens (tertiary/aromatic N) is 2. The van der Waals surface area contributed by atoms with Crippen LogP contribution in [-0.2, 0) is 4.79 Å². The number of quaternary nitrogens is 1. The van der Waals surface area contributed by atoms with Gasteiger partial charge in [0.2, 0.25) is 5.54 Å². The highest BCUT2D eigenvalue weighted by atomic mass is 16.5. The van der Waals surface area contributed by atoms with E-state index in [1.807, 2.05) is 0 Å². The number of hydrogen-bond acceptors (Lipinski definition) is 4. The SMILES string of the molecule is COc1cc2c(cc1OC)[N+](C)(C(C)(C)C(=O)O)C(=O)N=C2C. The van der Waals surface area contributed by atoms with Gasteiger partial charge >= 0.3 is 12.0 Å². The maximum absolute atomic E-state index is 12.6. The van der Waals surface area contributed by atoms with Crippen LogP contribution in [0.3, 0.4) is 0 Å². The second-order valence-corrected chi connectivity index (χ2v) is 6.07. The molecule has 1 heterocycles. The summed E-state index contributed by atoms with van der Waals surface area (Å²) in [5.74, 6) is -0.169. The van der Waals surface area contributed by atoms with Crippen molar-refractivity contribution in [1.82, 2.24) is 4.48 Å². The summed E-state index contributed by atoms with van der Waals surface area (Å²) in [5, 5.41) is 9.62. The first-order chi connectivity index (χ1) is 10.6. The van der Waals surface area contributed by atoms with Crippen LogP contribution in [-0.4, -0.2) is 49.6 Å². The van der Waals surface area contributed by atoms with Crippen molar-refractivity contribution in [3.63, 3.8) is 0 Å². The first-order valence-electron chi connectivity index (χ1n) is 7.08. The second kappa shape index (κ2) is 5.34. The van der Waals surface area contributed by atoms with Gasteiger partial charge in [0.05, 0.1) is 32.5 Å². The van der Waals surface area contributed by atoms with Gasteiger partial charge in [-0.25, -0.2) is 9.59 Å². The Morgan fingerprint density at radius 1 is 1.22 bits per heavy atom. The number of ether oxygens (including phenoxy) is 2. The first kappa shape index (κ1) is 17.0. The summed E-state index contributed by atoms with van der Waals surface area (Å²) in [6.07, 6.45) is 0. The minimum Gasteiger partial charge on any atom is -0.493 e. The summed E-state index contributed by atoms with van der Waals surface area (Å²) in [5.41, 5.74) is 0.296. The molecular weight excluding hydrogens is 300 g/mol. The molecule has 1 unspecified atom stereocenters. The van der Waals surface area contributed by atoms with E-state index in [4.69, 9.17) is 9.47 Å². The molecule has 7 heteroatoms. The van der Waals surface area contributed by atoms with Gasteiger partial charge < -0.3 is 14.6 Å². The molecule has 124 valence electrons. The number of likely N-dealkylation sites (N-methyl/N-ethyl adjacent to an activating group) is 1. The van der Waals surface area contributed by atoms with E-state index in [0.717, 1.165) is 0 Å². The van der Waals surface area contributed by atoms with Crippen LogP contribution >= 0.6 is 0 Å². The molecule has 1 N–H and O–H groups in total. The molecule has 0 aliphatic carbocycles. The van der Waals surface area contributed by atoms with E-state index in [9.17, 15) is 14.7 Å². The third-order valence-electron chi connectivity index (χ3n) is 4.66. The zero-order valence-corrected chi connectivity index (χ0v) is 14.1. The fraction of sp³-hybridized carbons (Fsp3) is 0.438. The number of aliphatic carboxylic acids is 1. The fourth-order valence-electron chi connectivity index (χ4n) is 2.67. The van der Waals surface area contributed by atoms with Gasteiger partial charge in [-0.3, -0.25) is 0 Å². The monoisotopic (exact) mass is 321 g/mol. The van der Waals surface area contributed by atoms with E-state index in [-0.39, 0.29) is 0 Å². The van der Waals surface area contributed by atoms with Gasteiger partial charge in [-0.05, 0) is 13.0 Å². The van der Waals surface area contributed by atoms with Gasteiger partial charge in [-0.1, -0.05) is 0 Å². The van der Waals surface area contributed by atoms with Crippen molar-refractivity contribution in [2.24, 2.45) is 4.99 Å². The molecule has 0 saturated carbocycles. The van der Waals surface area contributed by atoms with Crippen LogP contribution in [0.15, 0.2) is 17.1 Å². The molecule has 1 aromatic carbocycles. The Hall–Kier alpha value is -2.41. The van der Waals surface area contributed by atoms with Crippen LogP contribution < -0.4 is 14.0 Å². The Kier molecular flexibility index (Phi) is 3.94. The molecule has 23 heavy (non-hydrogen) atoms. The van der Waals surface area contributed by atoms with Gasteiger partial charge in [0, 0.05) is 19.9 Å². The standard InChI is InChI=1S/C16H20N2O5/c1-9-10-7-12(22-5)13(23-6)8-11(10)18(4,15(21)17-9)16(2,3)14(19)20/h7-8H,1-6H3/p+1. The van der Waals surface area contributed by atoms with Gasteiger partial charge in [0.15, 0.2) is 17.2 Å². The van der Waals surface area contributed by atoms with Crippen LogP contribution in [0.5, 0.6) is 11.5 Å². The molecule has 7 nitrogen and oxygen atoms in total. The van der Waals surface area contributed by atoms with Crippen molar-refractivity contribution in [3.05, 3.63) is 17.7 Å². The highest BCUT2D eigenvalue weighted by Gasteiger charge is 2.57. The summed E-state index contributed by atoms with van der Waals surface area (Å²) in [4.78, 5) is 28.5. The van der Waals surface area contributed by atoms with Crippen LogP contribution in [0, 0.1) is 0 Å². The molecule has 1 atom stereocenters. The lowest BCUT2D eigenvalue weighted by atomic mass is 9.94. The lowest BCUT2D eigenvalue weighted by Crippen LogP contribution is -2.67. The number of rotatable bonds is 4. The average Bonchev–Trinajstić information content (AvgIpc) is 2.50. The third kappa shape index (κ3) is 2.19. The second-order valence-electron chi connectivity index (χ2n) is 6.07. The van der Waals surface area contributed by atoms with E-state index in [0.29, 0.717) is 28.5 Å². The van der Waals surface area contributed by atoms with Gasteiger partial charge in [0.25, 0.3) is 0 Å². The van der Waals surface area contributed by atoms with Gasteiger partial charge in [0.1, 0.15) is 0 Å². The Labute approximate surface area is 134 Å². The molecule has 1 aliphatic heterocycles. The zero-order chi connectivity index (χ0) is 17.6. The van der Waals surface area contributed by atoms with E-state index in [1.165, 1.54) is 28.1 Å². The fourth-order valence-corrected chi connectivity index (χ4v) is 2.67. The number of carboxylic acids is 1. The van der Waals surface area contributed by atoms with Crippen molar-refractivity contribution in [3.8, 4) is 11.5 Å². The number of carboxylic acid groups (broad SMARTS) is 1. The summed E-state index contributed by atoms with van der Waals surface area (Å²) in [7, 11) is 4.56. The van der Waals surface area contributed by atoms with Gasteiger partial charge in [-0.15, -0.1) is 0 Å². The molecule has 0 radical (unpaired) electrons. The largest absolute Gasteiger partial charge is 0.493 e. The number of amides is 2. The highest BCUT2D eigenvalue weighted by Crippen LogP contribution is 2.44. The first-order valence-corrected chi connectivity index (χ1v) is 7.08. The molecular formula is C16H21N2O5+. The Morgan fingerprint density at radius 2 is 1.74 bits per heavy atom. The topological polar surface area (TPSA) is 85.2 Å². The van der Waals surface area contributed by atoms with Crippen LogP contribution in [0.2, 0.25) is 0 Å². The van der Waals surface area contributed by atoms with Crippen LogP contribution in [0.25, 0.3) is 0 Å². The predicted octanol–water partition coefficient (Wildman–Crippen LogP) is 2.45. The maximum atomic E-state index is 12.6. The summed E-state index contributed by atoms with van der Waals surface area (Å²) < 4.78 is 10.1. The van der Waals surface area contributed by atoms with Crippen LogP contribution in [0.1, 0.15) is 26.3 Å². The maximum Gasteiger partial charge on any atom is 0.448 e. The van der Waals surface area contributed by atoms with Crippen molar-refractivity contribution >= 4 is 23.4 Å². The third-order valence-corrected chi connectivity index (χ3v) is 4.66. The molecule has 0 fully saturated rings. The van der Waals surface area contributed by atoms with Crippen molar-refractivity contribution in [2.75, 3.05) is 21.3 Å². The summed E-state index contributed by atoms with van der Waals surface area (Å²) in [6.45, 7) is 4.72. The smallest absolute Gasteiger partial charge is 0.448 e. The molecule has 0 saturated heterocycles. The zero-order valence-electron chi connectivity index (χ0n) is 14.1. The highest BCUT2D eigenvalue weighted by molar-refractivity contribution is 6.16. The molecule has 1 aliphatic rings.